The summed E-state index contributed by atoms with van der Waals surface area (Å²) in [4.78, 5) is 13.5. The molecule has 0 aliphatic heterocycles. The van der Waals surface area contributed by atoms with Gasteiger partial charge in [-0.25, -0.2) is 0 Å². The summed E-state index contributed by atoms with van der Waals surface area (Å²) in [5, 5.41) is -0.547. The van der Waals surface area contributed by atoms with E-state index in [4.69, 9.17) is 16.3 Å². The number of benzene rings is 2. The number of hydrogen-bond donors (Lipinski definition) is 0. The molecule has 0 N–H and O–H groups in total. The number of alkyl halides is 1. The van der Waals surface area contributed by atoms with Gasteiger partial charge in [0.1, 0.15) is 0 Å². The van der Waals surface area contributed by atoms with Gasteiger partial charge in [0.15, 0.2) is 0 Å². The number of aryl methyl sites for hydroxylation is 1. The molecular weight excluding hydrogens is 485 g/mol. The molecule has 0 saturated carbocycles. The predicted molar refractivity (Wildman–Crippen MR) is 84.4 cm³/mol. The fraction of sp³-hybridized carbons (Fsp3) is 0.188. The maximum atomic E-state index is 13.9. The molecule has 6 heteroatoms. The zero-order valence-electron chi connectivity index (χ0n) is 11.9. The number of carbonyl (C=O) groups is 1. The Morgan fingerprint density at radius 3 is 2.77 bits per heavy atom. The third-order valence-electron chi connectivity index (χ3n) is 3.12. The Hall–Kier alpha value is -0.660. The van der Waals surface area contributed by atoms with Crippen molar-refractivity contribution in [3.63, 3.8) is 0 Å². The van der Waals surface area contributed by atoms with Gasteiger partial charge in [-0.05, 0) is 0 Å². The van der Waals surface area contributed by atoms with E-state index in [9.17, 15) is 9.18 Å². The molecule has 0 aliphatic rings. The SMILES string of the molecule is C[I-]c1cc(C)c(OCc2c(Br)cccc2C(=O)Cl)cc1F. The minimum absolute atomic E-state index is 0.135. The molecule has 2 rings (SSSR count). The molecule has 118 valence electrons. The Balaban J connectivity index is 2.28. The summed E-state index contributed by atoms with van der Waals surface area (Å²) in [7, 11) is 0. The van der Waals surface area contributed by atoms with Crippen LogP contribution in [0.5, 0.6) is 5.75 Å². The fourth-order valence-corrected chi connectivity index (χ4v) is 4.07. The van der Waals surface area contributed by atoms with E-state index in [-0.39, 0.29) is 33.6 Å². The first-order chi connectivity index (χ1) is 10.4. The van der Waals surface area contributed by atoms with E-state index in [1.807, 2.05) is 17.9 Å². The van der Waals surface area contributed by atoms with Crippen molar-refractivity contribution < 1.29 is 35.1 Å². The van der Waals surface area contributed by atoms with E-state index in [1.165, 1.54) is 6.07 Å². The van der Waals surface area contributed by atoms with Crippen LogP contribution in [-0.4, -0.2) is 10.2 Å². The number of rotatable bonds is 5. The number of hydrogen-bond acceptors (Lipinski definition) is 2. The molecule has 2 nitrogen and oxygen atoms in total. The molecule has 0 aromatic heterocycles. The Morgan fingerprint density at radius 2 is 2.14 bits per heavy atom. The van der Waals surface area contributed by atoms with Crippen molar-refractivity contribution in [1.29, 1.82) is 0 Å². The molecule has 2 aromatic carbocycles. The molecule has 0 fully saturated rings. The van der Waals surface area contributed by atoms with Crippen LogP contribution in [0.15, 0.2) is 34.8 Å². The summed E-state index contributed by atoms with van der Waals surface area (Å²) in [6.45, 7) is 2.02. The summed E-state index contributed by atoms with van der Waals surface area (Å²) in [6, 6.07) is 8.41. The number of ether oxygens (including phenoxy) is 1. The van der Waals surface area contributed by atoms with Crippen LogP contribution < -0.4 is 25.9 Å². The van der Waals surface area contributed by atoms with Crippen LogP contribution in [0.25, 0.3) is 0 Å². The van der Waals surface area contributed by atoms with E-state index in [0.29, 0.717) is 16.9 Å². The molecular formula is C16H13BrClFIO2-. The molecule has 0 radical (unpaired) electrons. The monoisotopic (exact) mass is 497 g/mol. The standard InChI is InChI=1S/C16H13BrClFIO2/c1-9-6-14(20-2)13(19)7-15(9)22-8-11-10(16(18)21)4-3-5-12(11)17/h3-7H,8H2,1-2H3/q-1. The van der Waals surface area contributed by atoms with Gasteiger partial charge >= 0.3 is 153 Å². The van der Waals surface area contributed by atoms with Crippen LogP contribution in [-0.2, 0) is 6.61 Å². The van der Waals surface area contributed by atoms with Gasteiger partial charge in [0.25, 0.3) is 0 Å². The first kappa shape index (κ1) is 17.7. The minimum atomic E-state index is -0.547. The second-order valence-corrected chi connectivity index (χ2v) is 7.99. The molecule has 0 saturated heterocycles. The van der Waals surface area contributed by atoms with E-state index >= 15 is 0 Å². The van der Waals surface area contributed by atoms with Crippen LogP contribution >= 0.6 is 27.5 Å². The zero-order valence-corrected chi connectivity index (χ0v) is 16.4. The summed E-state index contributed by atoms with van der Waals surface area (Å²) >= 11 is 8.65. The first-order valence-electron chi connectivity index (χ1n) is 6.33. The van der Waals surface area contributed by atoms with E-state index < -0.39 is 5.24 Å². The summed E-state index contributed by atoms with van der Waals surface area (Å²) in [6.07, 6.45) is 0. The molecule has 0 unspecified atom stereocenters. The maximum absolute atomic E-state index is 13.9. The van der Waals surface area contributed by atoms with Gasteiger partial charge in [0.2, 0.25) is 0 Å². The predicted octanol–water partition coefficient (Wildman–Crippen LogP) is 1.74. The van der Waals surface area contributed by atoms with Crippen molar-refractivity contribution in [2.45, 2.75) is 13.5 Å². The van der Waals surface area contributed by atoms with Crippen molar-refractivity contribution in [2.24, 2.45) is 0 Å². The molecule has 22 heavy (non-hydrogen) atoms. The van der Waals surface area contributed by atoms with Crippen LogP contribution in [0.1, 0.15) is 21.5 Å². The second kappa shape index (κ2) is 7.75. The summed E-state index contributed by atoms with van der Waals surface area (Å²) < 4.78 is 21.1. The number of halogens is 4. The van der Waals surface area contributed by atoms with Crippen molar-refractivity contribution in [3.8, 4) is 5.75 Å². The van der Waals surface area contributed by atoms with Gasteiger partial charge in [0.05, 0.1) is 0 Å². The van der Waals surface area contributed by atoms with Crippen molar-refractivity contribution in [2.75, 3.05) is 4.93 Å². The van der Waals surface area contributed by atoms with Gasteiger partial charge in [-0.3, -0.25) is 0 Å². The molecule has 0 amide bonds. The molecule has 0 spiro atoms. The van der Waals surface area contributed by atoms with Crippen LogP contribution in [0.4, 0.5) is 4.39 Å². The van der Waals surface area contributed by atoms with Crippen LogP contribution in [0.2, 0.25) is 0 Å². The Bertz CT molecular complexity index is 722. The van der Waals surface area contributed by atoms with Crippen molar-refractivity contribution in [3.05, 3.63) is 60.9 Å². The van der Waals surface area contributed by atoms with Crippen LogP contribution in [0.3, 0.4) is 0 Å². The Kier molecular flexibility index (Phi) is 6.23. The first-order valence-corrected chi connectivity index (χ1v) is 10.7. The van der Waals surface area contributed by atoms with E-state index in [0.717, 1.165) is 13.6 Å². The van der Waals surface area contributed by atoms with Crippen molar-refractivity contribution in [1.82, 2.24) is 0 Å². The van der Waals surface area contributed by atoms with Gasteiger partial charge in [-0.15, -0.1) is 0 Å². The zero-order chi connectivity index (χ0) is 16.3. The van der Waals surface area contributed by atoms with Gasteiger partial charge in [0, 0.05) is 0 Å². The molecule has 2 aromatic rings. The normalized spacial score (nSPS) is 10.8. The topological polar surface area (TPSA) is 26.3 Å². The average Bonchev–Trinajstić information content (AvgIpc) is 2.48. The summed E-state index contributed by atoms with van der Waals surface area (Å²) in [5.41, 5.74) is 1.91. The Labute approximate surface area is 152 Å². The molecule has 0 bridgehead atoms. The van der Waals surface area contributed by atoms with Gasteiger partial charge in [-0.1, -0.05) is 0 Å². The number of carbonyl (C=O) groups excluding carboxylic acids is 1. The molecule has 0 atom stereocenters. The Morgan fingerprint density at radius 1 is 1.41 bits per heavy atom. The quantitative estimate of drug-likeness (QED) is 0.357. The second-order valence-electron chi connectivity index (χ2n) is 4.55. The third-order valence-corrected chi connectivity index (χ3v) is 6.06. The fourth-order valence-electron chi connectivity index (χ4n) is 1.97. The molecule has 0 aliphatic carbocycles. The van der Waals surface area contributed by atoms with Gasteiger partial charge in [-0.2, -0.15) is 0 Å². The average molecular weight is 499 g/mol. The summed E-state index contributed by atoms with van der Waals surface area (Å²) in [5.74, 6) is 0.235. The third kappa shape index (κ3) is 4.00. The van der Waals surface area contributed by atoms with Gasteiger partial charge < -0.3 is 0 Å². The van der Waals surface area contributed by atoms with Crippen molar-refractivity contribution >= 4 is 32.8 Å². The van der Waals surface area contributed by atoms with E-state index in [1.54, 1.807) is 18.2 Å². The van der Waals surface area contributed by atoms with Crippen LogP contribution in [0, 0.1) is 16.3 Å². The molecule has 0 heterocycles. The van der Waals surface area contributed by atoms with E-state index in [2.05, 4.69) is 15.9 Å².